The zero-order valence-corrected chi connectivity index (χ0v) is 7.75. The molecule has 0 spiro atoms. The minimum absolute atomic E-state index is 0.217. The lowest BCUT2D eigenvalue weighted by Crippen LogP contribution is -2.49. The molecule has 1 fully saturated rings. The highest BCUT2D eigenvalue weighted by Gasteiger charge is 2.40. The molecule has 1 unspecified atom stereocenters. The largest absolute Gasteiger partial charge is 0.317 e. The first-order valence-electron chi connectivity index (χ1n) is 3.97. The SMILES string of the molecule is CC1(C)CCCCC1(N)S. The zero-order valence-electron chi connectivity index (χ0n) is 6.85. The Morgan fingerprint density at radius 3 is 2.00 bits per heavy atom. The minimum Gasteiger partial charge on any atom is -0.317 e. The van der Waals surface area contributed by atoms with Gasteiger partial charge in [-0.1, -0.05) is 26.7 Å². The van der Waals surface area contributed by atoms with E-state index in [1.165, 1.54) is 19.3 Å². The van der Waals surface area contributed by atoms with Gasteiger partial charge in [-0.3, -0.25) is 0 Å². The maximum Gasteiger partial charge on any atom is 0.0642 e. The maximum absolute atomic E-state index is 6.02. The van der Waals surface area contributed by atoms with Crippen LogP contribution in [0.2, 0.25) is 0 Å². The predicted octanol–water partition coefficient (Wildman–Crippen LogP) is 2.17. The van der Waals surface area contributed by atoms with E-state index >= 15 is 0 Å². The molecular weight excluding hydrogens is 142 g/mol. The predicted molar refractivity (Wildman–Crippen MR) is 48.2 cm³/mol. The molecule has 0 aliphatic heterocycles. The Morgan fingerprint density at radius 2 is 1.70 bits per heavy atom. The standard InChI is InChI=1S/C8H17NS/c1-7(2)5-3-4-6-8(7,9)10/h10H,3-6,9H2,1-2H3. The molecule has 1 nitrogen and oxygen atoms in total. The first-order chi connectivity index (χ1) is 4.46. The molecule has 60 valence electrons. The molecule has 0 bridgehead atoms. The Kier molecular flexibility index (Phi) is 2.03. The van der Waals surface area contributed by atoms with Crippen LogP contribution in [0.25, 0.3) is 0 Å². The Labute approximate surface area is 68.8 Å². The fraction of sp³-hybridized carbons (Fsp3) is 1.00. The summed E-state index contributed by atoms with van der Waals surface area (Å²) in [6.07, 6.45) is 4.83. The number of thiol groups is 1. The van der Waals surface area contributed by atoms with Gasteiger partial charge in [0, 0.05) is 0 Å². The summed E-state index contributed by atoms with van der Waals surface area (Å²) in [4.78, 5) is -0.231. The van der Waals surface area contributed by atoms with Gasteiger partial charge in [-0.25, -0.2) is 0 Å². The van der Waals surface area contributed by atoms with Gasteiger partial charge in [0.1, 0.15) is 0 Å². The third kappa shape index (κ3) is 1.32. The fourth-order valence-electron chi connectivity index (χ4n) is 1.52. The molecule has 0 aromatic rings. The first kappa shape index (κ1) is 8.41. The third-order valence-corrected chi connectivity index (χ3v) is 3.61. The monoisotopic (exact) mass is 159 g/mol. The van der Waals surface area contributed by atoms with Crippen molar-refractivity contribution in [3.8, 4) is 0 Å². The molecule has 0 amide bonds. The second-order valence-electron chi connectivity index (χ2n) is 4.02. The average Bonchev–Trinajstić information content (AvgIpc) is 1.77. The van der Waals surface area contributed by atoms with Crippen molar-refractivity contribution in [1.29, 1.82) is 0 Å². The van der Waals surface area contributed by atoms with Gasteiger partial charge in [-0.2, -0.15) is 12.6 Å². The lowest BCUT2D eigenvalue weighted by atomic mass is 9.73. The molecule has 1 aliphatic rings. The van der Waals surface area contributed by atoms with Crippen LogP contribution < -0.4 is 5.73 Å². The minimum atomic E-state index is -0.231. The van der Waals surface area contributed by atoms with E-state index in [1.54, 1.807) is 0 Å². The van der Waals surface area contributed by atoms with Crippen molar-refractivity contribution in [2.45, 2.75) is 44.4 Å². The molecule has 10 heavy (non-hydrogen) atoms. The number of rotatable bonds is 0. The molecule has 0 heterocycles. The fourth-order valence-corrected chi connectivity index (χ4v) is 1.79. The zero-order chi connectivity index (χ0) is 7.83. The number of hydrogen-bond donors (Lipinski definition) is 2. The summed E-state index contributed by atoms with van der Waals surface area (Å²) in [5.41, 5.74) is 6.24. The Hall–Kier alpha value is 0.310. The number of nitrogens with two attached hydrogens (primary N) is 1. The summed E-state index contributed by atoms with van der Waals surface area (Å²) >= 11 is 4.48. The highest BCUT2D eigenvalue weighted by molar-refractivity contribution is 7.81. The van der Waals surface area contributed by atoms with E-state index in [-0.39, 0.29) is 10.3 Å². The van der Waals surface area contributed by atoms with Crippen LogP contribution in [0, 0.1) is 5.41 Å². The van der Waals surface area contributed by atoms with Crippen molar-refractivity contribution in [2.24, 2.45) is 11.1 Å². The Morgan fingerprint density at radius 1 is 1.20 bits per heavy atom. The number of hydrogen-bond acceptors (Lipinski definition) is 2. The van der Waals surface area contributed by atoms with E-state index in [0.717, 1.165) is 6.42 Å². The average molecular weight is 159 g/mol. The third-order valence-electron chi connectivity index (χ3n) is 2.78. The van der Waals surface area contributed by atoms with E-state index in [0.29, 0.717) is 0 Å². The van der Waals surface area contributed by atoms with Crippen LogP contribution in [-0.2, 0) is 0 Å². The van der Waals surface area contributed by atoms with Gasteiger partial charge in [0.15, 0.2) is 0 Å². The summed E-state index contributed by atoms with van der Waals surface area (Å²) in [5.74, 6) is 0. The van der Waals surface area contributed by atoms with Gasteiger partial charge in [0.25, 0.3) is 0 Å². The van der Waals surface area contributed by atoms with E-state index in [1.807, 2.05) is 0 Å². The summed E-state index contributed by atoms with van der Waals surface area (Å²) in [5, 5.41) is 0. The van der Waals surface area contributed by atoms with Crippen molar-refractivity contribution in [2.75, 3.05) is 0 Å². The lowest BCUT2D eigenvalue weighted by molar-refractivity contribution is 0.177. The maximum atomic E-state index is 6.02. The van der Waals surface area contributed by atoms with Gasteiger partial charge >= 0.3 is 0 Å². The van der Waals surface area contributed by atoms with Crippen molar-refractivity contribution in [3.05, 3.63) is 0 Å². The Balaban J connectivity index is 2.70. The van der Waals surface area contributed by atoms with Gasteiger partial charge < -0.3 is 5.73 Å². The van der Waals surface area contributed by atoms with Crippen LogP contribution in [0.1, 0.15) is 39.5 Å². The summed E-state index contributed by atoms with van der Waals surface area (Å²) in [7, 11) is 0. The van der Waals surface area contributed by atoms with Crippen LogP contribution in [0.4, 0.5) is 0 Å². The highest BCUT2D eigenvalue weighted by Crippen LogP contribution is 2.44. The van der Waals surface area contributed by atoms with Crippen molar-refractivity contribution < 1.29 is 0 Å². The van der Waals surface area contributed by atoms with Crippen LogP contribution >= 0.6 is 12.6 Å². The summed E-state index contributed by atoms with van der Waals surface area (Å²) in [6, 6.07) is 0. The van der Waals surface area contributed by atoms with E-state index in [9.17, 15) is 0 Å². The summed E-state index contributed by atoms with van der Waals surface area (Å²) in [6.45, 7) is 4.42. The highest BCUT2D eigenvalue weighted by atomic mass is 32.1. The van der Waals surface area contributed by atoms with Crippen LogP contribution in [0.5, 0.6) is 0 Å². The van der Waals surface area contributed by atoms with E-state index < -0.39 is 0 Å². The van der Waals surface area contributed by atoms with Crippen LogP contribution in [0.3, 0.4) is 0 Å². The normalized spacial score (nSPS) is 39.6. The second-order valence-corrected chi connectivity index (χ2v) is 4.81. The molecule has 0 aromatic carbocycles. The van der Waals surface area contributed by atoms with Crippen LogP contribution in [-0.4, -0.2) is 4.87 Å². The molecule has 2 heteroatoms. The topological polar surface area (TPSA) is 26.0 Å². The molecule has 1 aliphatic carbocycles. The van der Waals surface area contributed by atoms with Gasteiger partial charge in [0.2, 0.25) is 0 Å². The molecular formula is C8H17NS. The molecule has 0 radical (unpaired) electrons. The second kappa shape index (κ2) is 2.42. The van der Waals surface area contributed by atoms with Crippen molar-refractivity contribution in [3.63, 3.8) is 0 Å². The first-order valence-corrected chi connectivity index (χ1v) is 4.42. The quantitative estimate of drug-likeness (QED) is 0.411. The molecule has 0 saturated heterocycles. The van der Waals surface area contributed by atoms with E-state index in [4.69, 9.17) is 5.73 Å². The molecule has 0 aromatic heterocycles. The molecule has 1 saturated carbocycles. The van der Waals surface area contributed by atoms with Gasteiger partial charge in [-0.15, -0.1) is 0 Å². The van der Waals surface area contributed by atoms with E-state index in [2.05, 4.69) is 26.5 Å². The van der Waals surface area contributed by atoms with Crippen LogP contribution in [0.15, 0.2) is 0 Å². The van der Waals surface area contributed by atoms with Gasteiger partial charge in [0.05, 0.1) is 4.87 Å². The van der Waals surface area contributed by atoms with Crippen molar-refractivity contribution >= 4 is 12.6 Å². The molecule has 2 N–H and O–H groups in total. The smallest absolute Gasteiger partial charge is 0.0642 e. The van der Waals surface area contributed by atoms with Crippen molar-refractivity contribution in [1.82, 2.24) is 0 Å². The molecule has 1 atom stereocenters. The lowest BCUT2D eigenvalue weighted by Gasteiger charge is -2.44. The Bertz CT molecular complexity index is 113. The molecule has 1 rings (SSSR count). The summed E-state index contributed by atoms with van der Waals surface area (Å²) < 4.78 is 0. The van der Waals surface area contributed by atoms with Gasteiger partial charge in [-0.05, 0) is 18.3 Å².